The van der Waals surface area contributed by atoms with E-state index in [-0.39, 0.29) is 0 Å². The maximum Gasteiger partial charge on any atom is 0.409 e. The van der Waals surface area contributed by atoms with Crippen molar-refractivity contribution in [2.24, 2.45) is 0 Å². The molecular weight excluding hydrogens is 280 g/mol. The number of amides is 1. The van der Waals surface area contributed by atoms with E-state index in [1.165, 1.54) is 0 Å². The number of halogens is 1. The van der Waals surface area contributed by atoms with Gasteiger partial charge in [-0.3, -0.25) is 10.2 Å². The van der Waals surface area contributed by atoms with Gasteiger partial charge in [-0.05, 0) is 36.6 Å². The van der Waals surface area contributed by atoms with E-state index < -0.39 is 6.09 Å². The molecule has 0 radical (unpaired) electrons. The largest absolute Gasteiger partial charge is 0.465 e. The SMILES string of the molecule is Cc1c(Cl)cc(NC(=O)O)cc1CN1CC2CC1CO2. The fourth-order valence-corrected chi connectivity index (χ4v) is 3.23. The van der Waals surface area contributed by atoms with Gasteiger partial charge in [-0.1, -0.05) is 11.6 Å². The van der Waals surface area contributed by atoms with Crippen molar-refractivity contribution < 1.29 is 14.6 Å². The number of nitrogens with one attached hydrogen (secondary N) is 1. The molecule has 2 fully saturated rings. The van der Waals surface area contributed by atoms with Crippen LogP contribution in [0.2, 0.25) is 5.02 Å². The van der Waals surface area contributed by atoms with Gasteiger partial charge in [0.1, 0.15) is 0 Å². The fraction of sp³-hybridized carbons (Fsp3) is 0.500. The smallest absolute Gasteiger partial charge is 0.409 e. The Labute approximate surface area is 122 Å². The number of ether oxygens (including phenoxy) is 1. The van der Waals surface area contributed by atoms with Crippen molar-refractivity contribution in [3.8, 4) is 0 Å². The zero-order valence-electron chi connectivity index (χ0n) is 11.2. The number of fused-ring (bicyclic) bond motifs is 2. The highest BCUT2D eigenvalue weighted by Gasteiger charge is 2.38. The average molecular weight is 297 g/mol. The quantitative estimate of drug-likeness (QED) is 0.900. The van der Waals surface area contributed by atoms with Crippen LogP contribution in [0.3, 0.4) is 0 Å². The minimum Gasteiger partial charge on any atom is -0.465 e. The summed E-state index contributed by atoms with van der Waals surface area (Å²) in [6.07, 6.45) is 0.375. The van der Waals surface area contributed by atoms with E-state index >= 15 is 0 Å². The van der Waals surface area contributed by atoms with E-state index in [4.69, 9.17) is 21.4 Å². The molecule has 108 valence electrons. The minimum atomic E-state index is -1.08. The van der Waals surface area contributed by atoms with Crippen molar-refractivity contribution in [3.63, 3.8) is 0 Å². The Kier molecular flexibility index (Phi) is 3.58. The van der Waals surface area contributed by atoms with Crippen molar-refractivity contribution in [2.45, 2.75) is 32.0 Å². The first-order valence-corrected chi connectivity index (χ1v) is 7.05. The molecule has 1 aromatic rings. The lowest BCUT2D eigenvalue weighted by atomic mass is 10.1. The summed E-state index contributed by atoms with van der Waals surface area (Å²) in [7, 11) is 0. The third kappa shape index (κ3) is 2.61. The first-order valence-electron chi connectivity index (χ1n) is 6.67. The van der Waals surface area contributed by atoms with Crippen molar-refractivity contribution in [1.29, 1.82) is 0 Å². The predicted octanol–water partition coefficient (Wildman–Crippen LogP) is 2.71. The number of carbonyl (C=O) groups is 1. The molecule has 2 bridgehead atoms. The lowest BCUT2D eigenvalue weighted by Gasteiger charge is -2.27. The van der Waals surface area contributed by atoms with Gasteiger partial charge in [0, 0.05) is 29.8 Å². The van der Waals surface area contributed by atoms with Crippen LogP contribution in [0.1, 0.15) is 17.5 Å². The summed E-state index contributed by atoms with van der Waals surface area (Å²) in [5.41, 5.74) is 2.59. The predicted molar refractivity (Wildman–Crippen MR) is 76.4 cm³/mol. The third-order valence-electron chi connectivity index (χ3n) is 4.09. The summed E-state index contributed by atoms with van der Waals surface area (Å²) < 4.78 is 5.59. The summed E-state index contributed by atoms with van der Waals surface area (Å²) in [4.78, 5) is 13.1. The molecule has 2 atom stereocenters. The Bertz CT molecular complexity index is 549. The van der Waals surface area contributed by atoms with Gasteiger partial charge in [0.25, 0.3) is 0 Å². The van der Waals surface area contributed by atoms with Crippen molar-refractivity contribution >= 4 is 23.4 Å². The summed E-state index contributed by atoms with van der Waals surface area (Å²) in [6.45, 7) is 4.49. The number of morpholine rings is 1. The van der Waals surface area contributed by atoms with Gasteiger partial charge in [0.2, 0.25) is 0 Å². The molecule has 2 heterocycles. The van der Waals surface area contributed by atoms with E-state index in [9.17, 15) is 4.79 Å². The molecule has 2 N–H and O–H groups in total. The van der Waals surface area contributed by atoms with Crippen LogP contribution in [0.15, 0.2) is 12.1 Å². The van der Waals surface area contributed by atoms with Gasteiger partial charge in [-0.25, -0.2) is 4.79 Å². The van der Waals surface area contributed by atoms with E-state index in [0.717, 1.165) is 37.2 Å². The first-order chi connectivity index (χ1) is 9.52. The highest BCUT2D eigenvalue weighted by Crippen LogP contribution is 2.32. The van der Waals surface area contributed by atoms with Gasteiger partial charge in [0.15, 0.2) is 0 Å². The number of hydrogen-bond donors (Lipinski definition) is 2. The number of rotatable bonds is 3. The molecule has 1 aromatic carbocycles. The summed E-state index contributed by atoms with van der Waals surface area (Å²) in [6, 6.07) is 3.99. The molecule has 5 nitrogen and oxygen atoms in total. The number of benzene rings is 1. The molecule has 20 heavy (non-hydrogen) atoms. The maximum absolute atomic E-state index is 10.7. The monoisotopic (exact) mass is 296 g/mol. The lowest BCUT2D eigenvalue weighted by molar-refractivity contribution is 0.0272. The Balaban J connectivity index is 1.81. The number of hydrogen-bond acceptors (Lipinski definition) is 3. The molecular formula is C14H17ClN2O3. The van der Waals surface area contributed by atoms with Gasteiger partial charge in [-0.15, -0.1) is 0 Å². The zero-order chi connectivity index (χ0) is 14.3. The topological polar surface area (TPSA) is 61.8 Å². The molecule has 2 aliphatic heterocycles. The highest BCUT2D eigenvalue weighted by atomic mass is 35.5. The number of nitrogens with zero attached hydrogens (tertiary/aromatic N) is 1. The molecule has 0 saturated carbocycles. The maximum atomic E-state index is 10.7. The van der Waals surface area contributed by atoms with Crippen LogP contribution in [0.4, 0.5) is 10.5 Å². The molecule has 2 aliphatic rings. The summed E-state index contributed by atoms with van der Waals surface area (Å²) >= 11 is 6.19. The lowest BCUT2D eigenvalue weighted by Crippen LogP contribution is -2.36. The second-order valence-corrected chi connectivity index (χ2v) is 5.85. The summed E-state index contributed by atoms with van der Waals surface area (Å²) in [5.74, 6) is 0. The average Bonchev–Trinajstić information content (AvgIpc) is 2.96. The minimum absolute atomic E-state index is 0.358. The first kappa shape index (κ1) is 13.7. The Morgan fingerprint density at radius 2 is 2.40 bits per heavy atom. The molecule has 3 rings (SSSR count). The molecule has 0 aliphatic carbocycles. The molecule has 1 amide bonds. The second-order valence-electron chi connectivity index (χ2n) is 5.45. The van der Waals surface area contributed by atoms with Crippen LogP contribution in [-0.4, -0.2) is 41.4 Å². The normalized spacial score (nSPS) is 25.1. The van der Waals surface area contributed by atoms with Gasteiger partial charge in [-0.2, -0.15) is 0 Å². The number of carboxylic acid groups (broad SMARTS) is 1. The van der Waals surface area contributed by atoms with E-state index in [0.29, 0.717) is 22.9 Å². The number of likely N-dealkylation sites (tertiary alicyclic amines) is 1. The standard InChI is InChI=1S/C14H17ClN2O3/c1-8-9(2-10(3-13(8)15)16-14(18)19)5-17-6-12-4-11(17)7-20-12/h2-3,11-12,16H,4-7H2,1H3,(H,18,19). The van der Waals surface area contributed by atoms with Gasteiger partial charge >= 0.3 is 6.09 Å². The summed E-state index contributed by atoms with van der Waals surface area (Å²) in [5, 5.41) is 11.8. The third-order valence-corrected chi connectivity index (χ3v) is 4.48. The van der Waals surface area contributed by atoms with Crippen LogP contribution in [0, 0.1) is 6.92 Å². The molecule has 6 heteroatoms. The van der Waals surface area contributed by atoms with Crippen LogP contribution in [-0.2, 0) is 11.3 Å². The molecule has 2 saturated heterocycles. The van der Waals surface area contributed by atoms with Crippen molar-refractivity contribution in [1.82, 2.24) is 4.90 Å². The number of anilines is 1. The van der Waals surface area contributed by atoms with Crippen LogP contribution < -0.4 is 5.32 Å². The molecule has 2 unspecified atom stereocenters. The Hall–Kier alpha value is -1.30. The Morgan fingerprint density at radius 3 is 3.00 bits per heavy atom. The molecule has 0 aromatic heterocycles. The molecule has 0 spiro atoms. The van der Waals surface area contributed by atoms with E-state index in [1.807, 2.05) is 13.0 Å². The van der Waals surface area contributed by atoms with E-state index in [2.05, 4.69) is 10.2 Å². The van der Waals surface area contributed by atoms with Crippen LogP contribution >= 0.6 is 11.6 Å². The Morgan fingerprint density at radius 1 is 1.60 bits per heavy atom. The van der Waals surface area contributed by atoms with Gasteiger partial charge < -0.3 is 9.84 Å². The second kappa shape index (κ2) is 5.24. The van der Waals surface area contributed by atoms with E-state index in [1.54, 1.807) is 6.07 Å². The van der Waals surface area contributed by atoms with Gasteiger partial charge in [0.05, 0.1) is 12.7 Å². The van der Waals surface area contributed by atoms with Crippen molar-refractivity contribution in [2.75, 3.05) is 18.5 Å². The fourth-order valence-electron chi connectivity index (χ4n) is 2.99. The van der Waals surface area contributed by atoms with Crippen molar-refractivity contribution in [3.05, 3.63) is 28.3 Å². The van der Waals surface area contributed by atoms with Crippen LogP contribution in [0.25, 0.3) is 0 Å². The zero-order valence-corrected chi connectivity index (χ0v) is 12.0. The highest BCUT2D eigenvalue weighted by molar-refractivity contribution is 6.31. The van der Waals surface area contributed by atoms with Crippen LogP contribution in [0.5, 0.6) is 0 Å².